The molecule has 0 fully saturated rings. The van der Waals surface area contributed by atoms with Crippen LogP contribution in [0.3, 0.4) is 0 Å². The van der Waals surface area contributed by atoms with Crippen molar-refractivity contribution in [2.75, 3.05) is 13.9 Å². The predicted molar refractivity (Wildman–Crippen MR) is 83.4 cm³/mol. The zero-order valence-corrected chi connectivity index (χ0v) is 12.9. The van der Waals surface area contributed by atoms with Gasteiger partial charge in [0.25, 0.3) is 0 Å². The van der Waals surface area contributed by atoms with Crippen molar-refractivity contribution in [2.24, 2.45) is 0 Å². The third-order valence-corrected chi connectivity index (χ3v) is 3.64. The normalized spacial score (nSPS) is 12.1. The average Bonchev–Trinajstić information content (AvgIpc) is 3.02. The zero-order chi connectivity index (χ0) is 16.4. The highest BCUT2D eigenvalue weighted by molar-refractivity contribution is 6.12. The molecule has 5 nitrogen and oxygen atoms in total. The molecule has 0 spiro atoms. The minimum atomic E-state index is -0.203. The van der Waals surface area contributed by atoms with Crippen LogP contribution in [-0.2, 0) is 11.2 Å². The molecule has 0 aromatic heterocycles. The van der Waals surface area contributed by atoms with Gasteiger partial charge in [0.1, 0.15) is 11.5 Å². The fourth-order valence-corrected chi connectivity index (χ4v) is 2.56. The summed E-state index contributed by atoms with van der Waals surface area (Å²) in [5.41, 5.74) is 1.53. The van der Waals surface area contributed by atoms with Crippen LogP contribution in [0.2, 0.25) is 0 Å². The first-order valence-electron chi connectivity index (χ1n) is 7.20. The summed E-state index contributed by atoms with van der Waals surface area (Å²) in [6.45, 7) is 1.56. The molecule has 1 heterocycles. The van der Waals surface area contributed by atoms with Crippen molar-refractivity contribution in [1.82, 2.24) is 0 Å². The SMILES string of the molecule is COc1ccc(C(=O)c2c(CC(C)=O)ccc3c2OCO3)cc1. The third-order valence-electron chi connectivity index (χ3n) is 3.64. The van der Waals surface area contributed by atoms with E-state index in [0.717, 1.165) is 0 Å². The van der Waals surface area contributed by atoms with Crippen molar-refractivity contribution in [3.63, 3.8) is 0 Å². The van der Waals surface area contributed by atoms with Crippen molar-refractivity contribution in [3.05, 3.63) is 53.1 Å². The Morgan fingerprint density at radius 1 is 1.09 bits per heavy atom. The summed E-state index contributed by atoms with van der Waals surface area (Å²) in [5, 5.41) is 0. The molecule has 0 unspecified atom stereocenters. The lowest BCUT2D eigenvalue weighted by atomic mass is 9.94. The number of carbonyl (C=O) groups excluding carboxylic acids is 2. The highest BCUT2D eigenvalue weighted by atomic mass is 16.7. The molecule has 0 saturated heterocycles. The van der Waals surface area contributed by atoms with E-state index in [2.05, 4.69) is 0 Å². The quantitative estimate of drug-likeness (QED) is 0.794. The largest absolute Gasteiger partial charge is 0.497 e. The van der Waals surface area contributed by atoms with Gasteiger partial charge in [-0.1, -0.05) is 6.07 Å². The molecule has 1 aliphatic heterocycles. The van der Waals surface area contributed by atoms with Crippen molar-refractivity contribution in [1.29, 1.82) is 0 Å². The van der Waals surface area contributed by atoms with Crippen LogP contribution in [0.4, 0.5) is 0 Å². The van der Waals surface area contributed by atoms with Crippen LogP contribution in [0.5, 0.6) is 17.2 Å². The van der Waals surface area contributed by atoms with E-state index < -0.39 is 0 Å². The molecule has 0 N–H and O–H groups in total. The van der Waals surface area contributed by atoms with Gasteiger partial charge in [0, 0.05) is 12.0 Å². The maximum atomic E-state index is 12.9. The average molecular weight is 312 g/mol. The Morgan fingerprint density at radius 2 is 1.83 bits per heavy atom. The molecule has 0 radical (unpaired) electrons. The number of fused-ring (bicyclic) bond motifs is 1. The lowest BCUT2D eigenvalue weighted by Crippen LogP contribution is -2.09. The summed E-state index contributed by atoms with van der Waals surface area (Å²) >= 11 is 0. The van der Waals surface area contributed by atoms with Crippen LogP contribution in [0.25, 0.3) is 0 Å². The number of hydrogen-bond acceptors (Lipinski definition) is 5. The van der Waals surface area contributed by atoms with Crippen LogP contribution in [0, 0.1) is 0 Å². The molecule has 0 saturated carbocycles. The molecule has 0 bridgehead atoms. The highest BCUT2D eigenvalue weighted by Crippen LogP contribution is 2.39. The molecular formula is C18H16O5. The number of Topliss-reactive ketones (excluding diaryl/α,β-unsaturated/α-hetero) is 1. The summed E-state index contributed by atoms with van der Waals surface area (Å²) in [4.78, 5) is 24.4. The Labute approximate surface area is 133 Å². The van der Waals surface area contributed by atoms with E-state index in [4.69, 9.17) is 14.2 Å². The lowest BCUT2D eigenvalue weighted by molar-refractivity contribution is -0.116. The summed E-state index contributed by atoms with van der Waals surface area (Å²) in [6.07, 6.45) is 0.174. The Balaban J connectivity index is 2.07. The van der Waals surface area contributed by atoms with Gasteiger partial charge in [-0.3, -0.25) is 9.59 Å². The molecule has 0 amide bonds. The number of ketones is 2. The molecule has 0 atom stereocenters. The molecule has 5 heteroatoms. The first kappa shape index (κ1) is 15.1. The molecular weight excluding hydrogens is 296 g/mol. The first-order valence-corrected chi connectivity index (χ1v) is 7.20. The zero-order valence-electron chi connectivity index (χ0n) is 12.9. The van der Waals surface area contributed by atoms with Gasteiger partial charge in [-0.15, -0.1) is 0 Å². The first-order chi connectivity index (χ1) is 11.1. The number of hydrogen-bond donors (Lipinski definition) is 0. The second-order valence-corrected chi connectivity index (χ2v) is 5.27. The molecule has 23 heavy (non-hydrogen) atoms. The van der Waals surface area contributed by atoms with Crippen LogP contribution in [0.1, 0.15) is 28.4 Å². The van der Waals surface area contributed by atoms with Gasteiger partial charge in [-0.2, -0.15) is 0 Å². The molecule has 118 valence electrons. The topological polar surface area (TPSA) is 61.8 Å². The van der Waals surface area contributed by atoms with E-state index in [1.807, 2.05) is 0 Å². The van der Waals surface area contributed by atoms with Crippen LogP contribution < -0.4 is 14.2 Å². The van der Waals surface area contributed by atoms with E-state index in [-0.39, 0.29) is 24.8 Å². The fraction of sp³-hybridized carbons (Fsp3) is 0.222. The Morgan fingerprint density at radius 3 is 2.48 bits per heavy atom. The van der Waals surface area contributed by atoms with E-state index in [9.17, 15) is 9.59 Å². The van der Waals surface area contributed by atoms with Crippen molar-refractivity contribution in [2.45, 2.75) is 13.3 Å². The Kier molecular flexibility index (Phi) is 4.02. The van der Waals surface area contributed by atoms with E-state index >= 15 is 0 Å². The van der Waals surface area contributed by atoms with Crippen molar-refractivity contribution >= 4 is 11.6 Å². The highest BCUT2D eigenvalue weighted by Gasteiger charge is 2.26. The van der Waals surface area contributed by atoms with Crippen molar-refractivity contribution < 1.29 is 23.8 Å². The fourth-order valence-electron chi connectivity index (χ4n) is 2.56. The van der Waals surface area contributed by atoms with Crippen LogP contribution in [-0.4, -0.2) is 25.5 Å². The van der Waals surface area contributed by atoms with Gasteiger partial charge in [0.05, 0.1) is 12.7 Å². The predicted octanol–water partition coefficient (Wildman–Crippen LogP) is 2.79. The van der Waals surface area contributed by atoms with E-state index in [1.165, 1.54) is 6.92 Å². The Bertz CT molecular complexity index is 762. The monoisotopic (exact) mass is 312 g/mol. The molecule has 2 aromatic carbocycles. The minimum Gasteiger partial charge on any atom is -0.497 e. The van der Waals surface area contributed by atoms with Crippen LogP contribution >= 0.6 is 0 Å². The number of methoxy groups -OCH3 is 1. The minimum absolute atomic E-state index is 0.0207. The van der Waals surface area contributed by atoms with E-state index in [0.29, 0.717) is 33.9 Å². The number of ether oxygens (including phenoxy) is 3. The Hall–Kier alpha value is -2.82. The number of carbonyl (C=O) groups is 2. The van der Waals surface area contributed by atoms with Crippen LogP contribution in [0.15, 0.2) is 36.4 Å². The van der Waals surface area contributed by atoms with Gasteiger partial charge < -0.3 is 14.2 Å². The van der Waals surface area contributed by atoms with Crippen molar-refractivity contribution in [3.8, 4) is 17.2 Å². The molecule has 3 rings (SSSR count). The maximum Gasteiger partial charge on any atom is 0.231 e. The van der Waals surface area contributed by atoms with E-state index in [1.54, 1.807) is 43.5 Å². The lowest BCUT2D eigenvalue weighted by Gasteiger charge is -2.11. The maximum absolute atomic E-state index is 12.9. The van der Waals surface area contributed by atoms with Gasteiger partial charge in [0.2, 0.25) is 6.79 Å². The molecule has 0 aliphatic carbocycles. The second-order valence-electron chi connectivity index (χ2n) is 5.27. The second kappa shape index (κ2) is 6.12. The summed E-state index contributed by atoms with van der Waals surface area (Å²) in [5.74, 6) is 1.38. The van der Waals surface area contributed by atoms with Gasteiger partial charge in [-0.05, 0) is 42.8 Å². The molecule has 2 aromatic rings. The van der Waals surface area contributed by atoms with Gasteiger partial charge in [0.15, 0.2) is 17.3 Å². The molecule has 1 aliphatic rings. The number of rotatable bonds is 5. The standard InChI is InChI=1S/C18H16O5/c1-11(19)9-13-5-8-15-18(23-10-22-15)16(13)17(20)12-3-6-14(21-2)7-4-12/h3-8H,9-10H2,1-2H3. The summed E-state index contributed by atoms with van der Waals surface area (Å²) in [6, 6.07) is 10.3. The van der Waals surface area contributed by atoms with Gasteiger partial charge in [-0.25, -0.2) is 0 Å². The third kappa shape index (κ3) is 2.90. The number of benzene rings is 2. The van der Waals surface area contributed by atoms with Gasteiger partial charge >= 0.3 is 0 Å². The summed E-state index contributed by atoms with van der Waals surface area (Å²) in [7, 11) is 1.57. The smallest absolute Gasteiger partial charge is 0.231 e. The summed E-state index contributed by atoms with van der Waals surface area (Å²) < 4.78 is 15.9.